The number of aromatic nitrogens is 1. The number of nitrogens with one attached hydrogen (secondary N) is 2. The molecular weight excluding hydrogens is 256 g/mol. The third-order valence-electron chi connectivity index (χ3n) is 5.22. The van der Waals surface area contributed by atoms with Crippen LogP contribution in [0.1, 0.15) is 33.4 Å². The molecule has 0 unspecified atom stereocenters. The van der Waals surface area contributed by atoms with Gasteiger partial charge in [0.05, 0.1) is 5.02 Å². The van der Waals surface area contributed by atoms with E-state index in [4.69, 9.17) is 11.6 Å². The van der Waals surface area contributed by atoms with Crippen LogP contribution in [-0.4, -0.2) is 11.0 Å². The van der Waals surface area contributed by atoms with Crippen LogP contribution in [0.4, 0.5) is 0 Å². The normalized spacial score (nSPS) is 20.9. The van der Waals surface area contributed by atoms with E-state index in [1.165, 1.54) is 0 Å². The number of H-pyrrole nitrogens is 1. The van der Waals surface area contributed by atoms with E-state index in [0.29, 0.717) is 16.9 Å². The van der Waals surface area contributed by atoms with Crippen LogP contribution < -0.4 is 5.32 Å². The second-order valence-corrected chi connectivity index (χ2v) is 7.10. The number of fused-ring (bicyclic) bond motifs is 1. The minimum Gasteiger partial charge on any atom is -0.356 e. The molecule has 3 heteroatoms. The van der Waals surface area contributed by atoms with Crippen LogP contribution in [0.25, 0.3) is 10.9 Å². The van der Waals surface area contributed by atoms with Gasteiger partial charge in [0.15, 0.2) is 0 Å². The fourth-order valence-electron chi connectivity index (χ4n) is 3.20. The van der Waals surface area contributed by atoms with E-state index in [1.54, 1.807) is 0 Å². The van der Waals surface area contributed by atoms with Gasteiger partial charge in [-0.15, -0.1) is 0 Å². The molecule has 1 saturated carbocycles. The SMILES string of the molecule is CC1(C)C(NCc2[nH]c3ccccc3c2Cl)C1(C)C. The van der Waals surface area contributed by atoms with Gasteiger partial charge in [0.1, 0.15) is 0 Å². The van der Waals surface area contributed by atoms with Crippen molar-refractivity contribution in [2.45, 2.75) is 40.3 Å². The van der Waals surface area contributed by atoms with Crippen LogP contribution in [-0.2, 0) is 6.54 Å². The lowest BCUT2D eigenvalue weighted by atomic mass is 10.0. The summed E-state index contributed by atoms with van der Waals surface area (Å²) < 4.78 is 0. The third-order valence-corrected chi connectivity index (χ3v) is 5.65. The number of hydrogen-bond acceptors (Lipinski definition) is 1. The highest BCUT2D eigenvalue weighted by atomic mass is 35.5. The predicted molar refractivity (Wildman–Crippen MR) is 81.5 cm³/mol. The summed E-state index contributed by atoms with van der Waals surface area (Å²) in [4.78, 5) is 3.41. The number of halogens is 1. The van der Waals surface area contributed by atoms with Crippen LogP contribution in [0.15, 0.2) is 24.3 Å². The number of para-hydroxylation sites is 1. The van der Waals surface area contributed by atoms with E-state index in [-0.39, 0.29) is 0 Å². The molecule has 1 aliphatic carbocycles. The molecule has 0 spiro atoms. The average Bonchev–Trinajstić information content (AvgIpc) is 2.64. The maximum atomic E-state index is 6.43. The molecule has 19 heavy (non-hydrogen) atoms. The van der Waals surface area contributed by atoms with Gasteiger partial charge in [0.25, 0.3) is 0 Å². The summed E-state index contributed by atoms with van der Waals surface area (Å²) in [6, 6.07) is 8.71. The molecule has 2 N–H and O–H groups in total. The maximum Gasteiger partial charge on any atom is 0.0705 e. The lowest BCUT2D eigenvalue weighted by Gasteiger charge is -2.05. The fourth-order valence-corrected chi connectivity index (χ4v) is 3.47. The minimum absolute atomic E-state index is 0.353. The van der Waals surface area contributed by atoms with Crippen LogP contribution in [0.3, 0.4) is 0 Å². The Kier molecular flexibility index (Phi) is 2.74. The average molecular weight is 277 g/mol. The van der Waals surface area contributed by atoms with Gasteiger partial charge in [-0.2, -0.15) is 0 Å². The quantitative estimate of drug-likeness (QED) is 0.857. The molecule has 102 valence electrons. The first-order valence-electron chi connectivity index (χ1n) is 6.84. The lowest BCUT2D eigenvalue weighted by molar-refractivity contribution is 0.457. The Morgan fingerprint density at radius 3 is 2.37 bits per heavy atom. The molecular formula is C16H21ClN2. The Morgan fingerprint density at radius 2 is 1.79 bits per heavy atom. The van der Waals surface area contributed by atoms with E-state index in [0.717, 1.165) is 28.2 Å². The largest absolute Gasteiger partial charge is 0.356 e. The molecule has 0 bridgehead atoms. The van der Waals surface area contributed by atoms with Crippen LogP contribution >= 0.6 is 11.6 Å². The van der Waals surface area contributed by atoms with Crippen molar-refractivity contribution in [3.05, 3.63) is 35.0 Å². The fraction of sp³-hybridized carbons (Fsp3) is 0.500. The zero-order valence-corrected chi connectivity index (χ0v) is 12.7. The molecule has 2 nitrogen and oxygen atoms in total. The van der Waals surface area contributed by atoms with Crippen LogP contribution in [0.2, 0.25) is 5.02 Å². The van der Waals surface area contributed by atoms with Gasteiger partial charge in [-0.1, -0.05) is 57.5 Å². The van der Waals surface area contributed by atoms with Crippen molar-refractivity contribution in [1.82, 2.24) is 10.3 Å². The van der Waals surface area contributed by atoms with Crippen molar-refractivity contribution in [2.75, 3.05) is 0 Å². The maximum absolute atomic E-state index is 6.43. The molecule has 0 amide bonds. The molecule has 1 aromatic heterocycles. The molecule has 3 rings (SSSR count). The van der Waals surface area contributed by atoms with E-state index < -0.39 is 0 Å². The molecule has 0 saturated heterocycles. The summed E-state index contributed by atoms with van der Waals surface area (Å²) >= 11 is 6.43. The summed E-state index contributed by atoms with van der Waals surface area (Å²) in [5.41, 5.74) is 2.90. The van der Waals surface area contributed by atoms with Crippen molar-refractivity contribution >= 4 is 22.5 Å². The van der Waals surface area contributed by atoms with Crippen molar-refractivity contribution < 1.29 is 0 Å². The Balaban J connectivity index is 1.79. The van der Waals surface area contributed by atoms with E-state index >= 15 is 0 Å². The Morgan fingerprint density at radius 1 is 1.16 bits per heavy atom. The summed E-state index contributed by atoms with van der Waals surface area (Å²) in [5, 5.41) is 5.59. The summed E-state index contributed by atoms with van der Waals surface area (Å²) in [5.74, 6) is 0. The zero-order chi connectivity index (χ0) is 13.8. The van der Waals surface area contributed by atoms with E-state index in [9.17, 15) is 0 Å². The minimum atomic E-state index is 0.353. The summed E-state index contributed by atoms with van der Waals surface area (Å²) in [7, 11) is 0. The van der Waals surface area contributed by atoms with Crippen molar-refractivity contribution in [3.63, 3.8) is 0 Å². The number of benzene rings is 1. The van der Waals surface area contributed by atoms with E-state index in [1.807, 2.05) is 12.1 Å². The smallest absolute Gasteiger partial charge is 0.0705 e. The molecule has 0 atom stereocenters. The van der Waals surface area contributed by atoms with E-state index in [2.05, 4.69) is 50.1 Å². The molecule has 0 radical (unpaired) electrons. The summed E-state index contributed by atoms with van der Waals surface area (Å²) in [6.45, 7) is 10.1. The Bertz CT molecular complexity index is 611. The van der Waals surface area contributed by atoms with Gasteiger partial charge in [0, 0.05) is 29.2 Å². The highest BCUT2D eigenvalue weighted by Crippen LogP contribution is 2.62. The van der Waals surface area contributed by atoms with Crippen molar-refractivity contribution in [2.24, 2.45) is 10.8 Å². The van der Waals surface area contributed by atoms with Crippen LogP contribution in [0.5, 0.6) is 0 Å². The third kappa shape index (κ3) is 1.81. The first kappa shape index (κ1) is 13.0. The second kappa shape index (κ2) is 4.00. The molecule has 0 aliphatic heterocycles. The molecule has 1 fully saturated rings. The predicted octanol–water partition coefficient (Wildman–Crippen LogP) is 4.35. The first-order valence-corrected chi connectivity index (χ1v) is 7.22. The molecule has 1 heterocycles. The number of rotatable bonds is 3. The Hall–Kier alpha value is -0.990. The lowest BCUT2D eigenvalue weighted by Crippen LogP contribution is -2.22. The van der Waals surface area contributed by atoms with Gasteiger partial charge in [-0.25, -0.2) is 0 Å². The summed E-state index contributed by atoms with van der Waals surface area (Å²) in [6.07, 6.45) is 0. The van der Waals surface area contributed by atoms with Gasteiger partial charge in [-0.3, -0.25) is 0 Å². The second-order valence-electron chi connectivity index (χ2n) is 6.72. The monoisotopic (exact) mass is 276 g/mol. The van der Waals surface area contributed by atoms with Crippen LogP contribution in [0, 0.1) is 10.8 Å². The highest BCUT2D eigenvalue weighted by Gasteiger charge is 2.64. The van der Waals surface area contributed by atoms with Gasteiger partial charge in [0.2, 0.25) is 0 Å². The highest BCUT2D eigenvalue weighted by molar-refractivity contribution is 6.36. The zero-order valence-electron chi connectivity index (χ0n) is 12.0. The first-order chi connectivity index (χ1) is 8.85. The topological polar surface area (TPSA) is 27.8 Å². The number of hydrogen-bond donors (Lipinski definition) is 2. The molecule has 1 aromatic carbocycles. The van der Waals surface area contributed by atoms with Gasteiger partial charge < -0.3 is 10.3 Å². The van der Waals surface area contributed by atoms with Crippen molar-refractivity contribution in [3.8, 4) is 0 Å². The standard InChI is InChI=1S/C16H21ClN2/c1-15(2)14(16(15,3)4)18-9-12-13(17)10-7-5-6-8-11(10)19-12/h5-8,14,18-19H,9H2,1-4H3. The van der Waals surface area contributed by atoms with Gasteiger partial charge >= 0.3 is 0 Å². The molecule has 1 aliphatic rings. The number of aromatic amines is 1. The Labute approximate surface area is 119 Å². The van der Waals surface area contributed by atoms with Gasteiger partial charge in [-0.05, 0) is 16.9 Å². The van der Waals surface area contributed by atoms with Crippen molar-refractivity contribution in [1.29, 1.82) is 0 Å². The molecule has 2 aromatic rings.